The molecule has 1 fully saturated rings. The van der Waals surface area contributed by atoms with Crippen LogP contribution in [-0.2, 0) is 16.0 Å². The van der Waals surface area contributed by atoms with Crippen LogP contribution in [0.25, 0.3) is 0 Å². The van der Waals surface area contributed by atoms with Crippen molar-refractivity contribution in [1.82, 2.24) is 0 Å². The summed E-state index contributed by atoms with van der Waals surface area (Å²) in [5, 5.41) is 11.9. The second-order valence-electron chi connectivity index (χ2n) is 5.14. The maximum Gasteiger partial charge on any atom is 0.416 e. The number of anilines is 1. The zero-order valence-corrected chi connectivity index (χ0v) is 11.9. The molecule has 1 unspecified atom stereocenters. The van der Waals surface area contributed by atoms with Crippen molar-refractivity contribution in [1.29, 1.82) is 5.26 Å². The fourth-order valence-electron chi connectivity index (χ4n) is 2.19. The molecule has 1 saturated heterocycles. The van der Waals surface area contributed by atoms with Crippen LogP contribution in [0.2, 0.25) is 0 Å². The molecule has 21 heavy (non-hydrogen) atoms. The van der Waals surface area contributed by atoms with Gasteiger partial charge in [0.15, 0.2) is 9.84 Å². The minimum Gasteiger partial charge on any atom is -0.381 e. The molecule has 1 atom stereocenters. The van der Waals surface area contributed by atoms with Gasteiger partial charge in [-0.15, -0.1) is 0 Å². The van der Waals surface area contributed by atoms with Gasteiger partial charge in [0.2, 0.25) is 0 Å². The second-order valence-corrected chi connectivity index (χ2v) is 7.29. The lowest BCUT2D eigenvalue weighted by Gasteiger charge is -2.32. The summed E-state index contributed by atoms with van der Waals surface area (Å²) in [5.74, 6) is 0.0248. The SMILES string of the molecule is CC(Nc1ccc(C(F)(F)F)cc1C#N)C1CS(=O)(=O)C1. The Kier molecular flexibility index (Phi) is 3.89. The quantitative estimate of drug-likeness (QED) is 0.929. The molecule has 0 aromatic heterocycles. The number of rotatable bonds is 3. The van der Waals surface area contributed by atoms with Crippen LogP contribution in [0.4, 0.5) is 18.9 Å². The maximum atomic E-state index is 12.6. The van der Waals surface area contributed by atoms with Crippen LogP contribution in [-0.4, -0.2) is 26.0 Å². The van der Waals surface area contributed by atoms with E-state index >= 15 is 0 Å². The Labute approximate surface area is 120 Å². The largest absolute Gasteiger partial charge is 0.416 e. The number of nitrogens with one attached hydrogen (secondary N) is 1. The number of nitriles is 1. The van der Waals surface area contributed by atoms with Gasteiger partial charge in [-0.3, -0.25) is 0 Å². The Morgan fingerprint density at radius 2 is 2.00 bits per heavy atom. The van der Waals surface area contributed by atoms with Gasteiger partial charge in [0, 0.05) is 12.0 Å². The lowest BCUT2D eigenvalue weighted by Crippen LogP contribution is -2.45. The Balaban J connectivity index is 2.16. The summed E-state index contributed by atoms with van der Waals surface area (Å²) in [6.45, 7) is 1.75. The molecule has 1 aromatic carbocycles. The Hall–Kier alpha value is -1.75. The lowest BCUT2D eigenvalue weighted by molar-refractivity contribution is -0.137. The Morgan fingerprint density at radius 3 is 2.48 bits per heavy atom. The summed E-state index contributed by atoms with van der Waals surface area (Å²) in [7, 11) is -2.96. The summed E-state index contributed by atoms with van der Waals surface area (Å²) >= 11 is 0. The highest BCUT2D eigenvalue weighted by Gasteiger charge is 2.37. The van der Waals surface area contributed by atoms with Crippen LogP contribution in [0.15, 0.2) is 18.2 Å². The molecule has 0 aliphatic carbocycles. The normalized spacial score (nSPS) is 19.4. The molecule has 0 spiro atoms. The first-order valence-corrected chi connectivity index (χ1v) is 8.03. The van der Waals surface area contributed by atoms with E-state index in [0.717, 1.165) is 12.1 Å². The van der Waals surface area contributed by atoms with Crippen molar-refractivity contribution >= 4 is 15.5 Å². The van der Waals surface area contributed by atoms with E-state index in [1.807, 2.05) is 0 Å². The summed E-state index contributed by atoms with van der Waals surface area (Å²) in [5.41, 5.74) is -0.718. The molecule has 0 saturated carbocycles. The molecule has 1 aliphatic rings. The summed E-state index contributed by atoms with van der Waals surface area (Å²) in [6, 6.07) is 4.37. The van der Waals surface area contributed by atoms with Gasteiger partial charge in [-0.05, 0) is 25.1 Å². The van der Waals surface area contributed by atoms with E-state index in [1.54, 1.807) is 13.0 Å². The topological polar surface area (TPSA) is 70.0 Å². The highest BCUT2D eigenvalue weighted by Crippen LogP contribution is 2.32. The minimum absolute atomic E-state index is 0.0592. The molecule has 1 aromatic rings. The Bertz CT molecular complexity index is 680. The van der Waals surface area contributed by atoms with Gasteiger partial charge in [-0.1, -0.05) is 0 Å². The van der Waals surface area contributed by atoms with Crippen LogP contribution in [0.5, 0.6) is 0 Å². The maximum absolute atomic E-state index is 12.6. The van der Waals surface area contributed by atoms with Gasteiger partial charge < -0.3 is 5.32 Å². The summed E-state index contributed by atoms with van der Waals surface area (Å²) in [4.78, 5) is 0. The standard InChI is InChI=1S/C13H13F3N2O2S/c1-8(10-6-21(19,20)7-10)18-12-3-2-11(13(14,15)16)4-9(12)5-17/h2-4,8,10,18H,6-7H2,1H3. The third-order valence-corrected chi connectivity index (χ3v) is 5.37. The molecule has 0 bridgehead atoms. The van der Waals surface area contributed by atoms with Gasteiger partial charge in [-0.25, -0.2) is 8.42 Å². The number of sulfone groups is 1. The average Bonchev–Trinajstić information content (AvgIpc) is 2.34. The first-order valence-electron chi connectivity index (χ1n) is 6.21. The van der Waals surface area contributed by atoms with Crippen LogP contribution in [0, 0.1) is 17.2 Å². The van der Waals surface area contributed by atoms with Crippen molar-refractivity contribution in [3.8, 4) is 6.07 Å². The van der Waals surface area contributed by atoms with Crippen molar-refractivity contribution in [2.75, 3.05) is 16.8 Å². The van der Waals surface area contributed by atoms with Crippen LogP contribution < -0.4 is 5.32 Å². The zero-order valence-electron chi connectivity index (χ0n) is 11.1. The number of alkyl halides is 3. The predicted molar refractivity (Wildman–Crippen MR) is 71.4 cm³/mol. The zero-order chi connectivity index (χ0) is 15.8. The van der Waals surface area contributed by atoms with E-state index in [2.05, 4.69) is 5.32 Å². The highest BCUT2D eigenvalue weighted by molar-refractivity contribution is 7.92. The molecule has 2 rings (SSSR count). The second kappa shape index (κ2) is 5.22. The molecule has 114 valence electrons. The number of nitrogens with zero attached hydrogens (tertiary/aromatic N) is 1. The fourth-order valence-corrected chi connectivity index (χ4v) is 3.98. The summed E-state index contributed by atoms with van der Waals surface area (Å²) in [6.07, 6.45) is -4.50. The van der Waals surface area contributed by atoms with Crippen molar-refractivity contribution in [2.24, 2.45) is 5.92 Å². The molecular weight excluding hydrogens is 305 g/mol. The van der Waals surface area contributed by atoms with Gasteiger partial charge in [0.1, 0.15) is 6.07 Å². The van der Waals surface area contributed by atoms with E-state index in [9.17, 15) is 21.6 Å². The first-order chi connectivity index (χ1) is 9.62. The lowest BCUT2D eigenvalue weighted by atomic mass is 10.0. The van der Waals surface area contributed by atoms with E-state index in [-0.39, 0.29) is 34.7 Å². The number of benzene rings is 1. The smallest absolute Gasteiger partial charge is 0.381 e. The van der Waals surface area contributed by atoms with Crippen molar-refractivity contribution in [2.45, 2.75) is 19.1 Å². The van der Waals surface area contributed by atoms with Gasteiger partial charge >= 0.3 is 6.18 Å². The molecule has 1 aliphatic heterocycles. The van der Waals surface area contributed by atoms with Crippen molar-refractivity contribution in [3.63, 3.8) is 0 Å². The third-order valence-electron chi connectivity index (χ3n) is 3.49. The van der Waals surface area contributed by atoms with E-state index in [1.165, 1.54) is 6.07 Å². The Morgan fingerprint density at radius 1 is 1.38 bits per heavy atom. The van der Waals surface area contributed by atoms with E-state index < -0.39 is 21.6 Å². The van der Waals surface area contributed by atoms with Gasteiger partial charge in [0.05, 0.1) is 28.3 Å². The molecule has 8 heteroatoms. The molecule has 0 amide bonds. The molecule has 1 heterocycles. The first kappa shape index (κ1) is 15.6. The van der Waals surface area contributed by atoms with Crippen LogP contribution in [0.1, 0.15) is 18.1 Å². The van der Waals surface area contributed by atoms with Gasteiger partial charge in [-0.2, -0.15) is 18.4 Å². The van der Waals surface area contributed by atoms with Crippen LogP contribution >= 0.6 is 0 Å². The number of hydrogen-bond donors (Lipinski definition) is 1. The third kappa shape index (κ3) is 3.47. The molecule has 1 N–H and O–H groups in total. The predicted octanol–water partition coefficient (Wildman–Crippen LogP) is 2.42. The molecular formula is C13H13F3N2O2S. The monoisotopic (exact) mass is 318 g/mol. The average molecular weight is 318 g/mol. The van der Waals surface area contributed by atoms with Crippen molar-refractivity contribution < 1.29 is 21.6 Å². The van der Waals surface area contributed by atoms with Crippen LogP contribution in [0.3, 0.4) is 0 Å². The highest BCUT2D eigenvalue weighted by atomic mass is 32.2. The summed E-state index contributed by atoms with van der Waals surface area (Å²) < 4.78 is 60.0. The van der Waals surface area contributed by atoms with Crippen molar-refractivity contribution in [3.05, 3.63) is 29.3 Å². The van der Waals surface area contributed by atoms with Gasteiger partial charge in [0.25, 0.3) is 0 Å². The van der Waals surface area contributed by atoms with E-state index in [4.69, 9.17) is 5.26 Å². The minimum atomic E-state index is -4.50. The fraction of sp³-hybridized carbons (Fsp3) is 0.462. The molecule has 4 nitrogen and oxygen atoms in total. The number of hydrogen-bond acceptors (Lipinski definition) is 4. The van der Waals surface area contributed by atoms with E-state index in [0.29, 0.717) is 0 Å². The molecule has 0 radical (unpaired) electrons. The number of halogens is 3.